The molecule has 3 aliphatic heterocycles. The molecule has 1 aromatic rings. The lowest BCUT2D eigenvalue weighted by Crippen LogP contribution is -2.68. The largest absolute Gasteiger partial charge is 0.389 e. The SMILES string of the molecule is O=C(CCn1cc(Cl)cn1)N1C[C@H]2COCC[C@@]2(O)[C@@H]2COCC[C@@H]21. The number of amides is 1. The Morgan fingerprint density at radius 3 is 3.04 bits per heavy atom. The number of halogens is 1. The number of likely N-dealkylation sites (tertiary alicyclic amines) is 1. The molecule has 4 heterocycles. The smallest absolute Gasteiger partial charge is 0.224 e. The molecule has 3 fully saturated rings. The van der Waals surface area contributed by atoms with Crippen LogP contribution in [0.4, 0.5) is 0 Å². The number of hydrogen-bond acceptors (Lipinski definition) is 5. The normalized spacial score (nSPS) is 35.1. The van der Waals surface area contributed by atoms with Gasteiger partial charge in [0.25, 0.3) is 0 Å². The van der Waals surface area contributed by atoms with Gasteiger partial charge in [0, 0.05) is 63.2 Å². The van der Waals surface area contributed by atoms with E-state index in [0.717, 1.165) is 6.42 Å². The predicted octanol–water partition coefficient (Wildman–Crippen LogP) is 0.941. The van der Waals surface area contributed by atoms with Crippen LogP contribution in [0.15, 0.2) is 12.4 Å². The summed E-state index contributed by atoms with van der Waals surface area (Å²) >= 11 is 5.87. The fourth-order valence-corrected chi connectivity index (χ4v) is 4.72. The Bertz CT molecular complexity index is 639. The summed E-state index contributed by atoms with van der Waals surface area (Å²) in [5, 5.41) is 16.0. The van der Waals surface area contributed by atoms with Crippen molar-refractivity contribution in [2.75, 3.05) is 33.0 Å². The number of piperidine rings is 1. The van der Waals surface area contributed by atoms with Crippen LogP contribution >= 0.6 is 11.6 Å². The minimum Gasteiger partial charge on any atom is -0.389 e. The molecule has 4 rings (SSSR count). The number of aryl methyl sites for hydroxylation is 1. The van der Waals surface area contributed by atoms with Crippen molar-refractivity contribution in [2.45, 2.75) is 37.5 Å². The van der Waals surface area contributed by atoms with E-state index in [4.69, 9.17) is 21.1 Å². The number of aromatic nitrogens is 2. The Labute approximate surface area is 151 Å². The zero-order valence-electron chi connectivity index (χ0n) is 14.1. The van der Waals surface area contributed by atoms with Gasteiger partial charge >= 0.3 is 0 Å². The van der Waals surface area contributed by atoms with Gasteiger partial charge in [0.15, 0.2) is 0 Å². The van der Waals surface area contributed by atoms with Crippen LogP contribution in [0.25, 0.3) is 0 Å². The van der Waals surface area contributed by atoms with Gasteiger partial charge in [-0.2, -0.15) is 5.10 Å². The van der Waals surface area contributed by atoms with Crippen molar-refractivity contribution in [3.05, 3.63) is 17.4 Å². The molecule has 1 aromatic heterocycles. The van der Waals surface area contributed by atoms with Crippen LogP contribution in [-0.2, 0) is 20.8 Å². The molecule has 0 spiro atoms. The topological polar surface area (TPSA) is 76.8 Å². The van der Waals surface area contributed by atoms with Gasteiger partial charge in [0.05, 0.1) is 30.0 Å². The summed E-state index contributed by atoms with van der Waals surface area (Å²) < 4.78 is 12.9. The lowest BCUT2D eigenvalue weighted by molar-refractivity contribution is -0.219. The second kappa shape index (κ2) is 6.87. The van der Waals surface area contributed by atoms with Crippen LogP contribution in [0.1, 0.15) is 19.3 Å². The molecule has 3 saturated heterocycles. The maximum Gasteiger partial charge on any atom is 0.224 e. The average Bonchev–Trinajstić information content (AvgIpc) is 3.04. The van der Waals surface area contributed by atoms with E-state index < -0.39 is 5.60 Å². The van der Waals surface area contributed by atoms with Crippen molar-refractivity contribution in [1.82, 2.24) is 14.7 Å². The van der Waals surface area contributed by atoms with Crippen molar-refractivity contribution in [3.63, 3.8) is 0 Å². The number of rotatable bonds is 3. The van der Waals surface area contributed by atoms with Crippen LogP contribution < -0.4 is 0 Å². The fraction of sp³-hybridized carbons (Fsp3) is 0.765. The highest BCUT2D eigenvalue weighted by Crippen LogP contribution is 2.44. The van der Waals surface area contributed by atoms with E-state index in [0.29, 0.717) is 57.4 Å². The minimum absolute atomic E-state index is 0.0352. The van der Waals surface area contributed by atoms with Gasteiger partial charge in [-0.05, 0) is 6.42 Å². The Kier molecular flexibility index (Phi) is 4.75. The molecule has 8 heteroatoms. The van der Waals surface area contributed by atoms with Gasteiger partial charge < -0.3 is 19.5 Å². The van der Waals surface area contributed by atoms with Gasteiger partial charge in [0.1, 0.15) is 0 Å². The van der Waals surface area contributed by atoms with E-state index in [9.17, 15) is 9.90 Å². The summed E-state index contributed by atoms with van der Waals surface area (Å²) in [5.74, 6) is 0.00967. The highest BCUT2D eigenvalue weighted by atomic mass is 35.5. The molecule has 0 unspecified atom stereocenters. The zero-order chi connectivity index (χ0) is 17.4. The second-order valence-electron chi connectivity index (χ2n) is 7.27. The lowest BCUT2D eigenvalue weighted by atomic mass is 9.66. The number of nitrogens with zero attached hydrogens (tertiary/aromatic N) is 3. The fourth-order valence-electron chi connectivity index (χ4n) is 4.56. The Morgan fingerprint density at radius 2 is 2.24 bits per heavy atom. The zero-order valence-corrected chi connectivity index (χ0v) is 14.9. The molecular weight excluding hydrogens is 346 g/mol. The third-order valence-electron chi connectivity index (χ3n) is 5.93. The monoisotopic (exact) mass is 369 g/mol. The maximum atomic E-state index is 12.9. The van der Waals surface area contributed by atoms with E-state index in [1.807, 2.05) is 4.90 Å². The standard InChI is InChI=1S/C17H24ClN3O4/c18-13-7-19-20(9-13)4-1-16(22)21-8-12-10-25-6-3-17(12,23)14-11-24-5-2-15(14)21/h7,9,12,14-15,23H,1-6,8,10-11H2/t12-,14+,15-,17-/m0/s1. The molecule has 138 valence electrons. The summed E-state index contributed by atoms with van der Waals surface area (Å²) in [7, 11) is 0. The van der Waals surface area contributed by atoms with Gasteiger partial charge in [-0.1, -0.05) is 11.6 Å². The number of hydrogen-bond donors (Lipinski definition) is 1. The van der Waals surface area contributed by atoms with Crippen molar-refractivity contribution in [2.24, 2.45) is 11.8 Å². The molecule has 0 aliphatic carbocycles. The molecule has 0 radical (unpaired) electrons. The first-order valence-electron chi connectivity index (χ1n) is 8.93. The lowest BCUT2D eigenvalue weighted by Gasteiger charge is -2.57. The first-order chi connectivity index (χ1) is 12.1. The van der Waals surface area contributed by atoms with Crippen molar-refractivity contribution < 1.29 is 19.4 Å². The Morgan fingerprint density at radius 1 is 1.40 bits per heavy atom. The van der Waals surface area contributed by atoms with Crippen LogP contribution in [0.3, 0.4) is 0 Å². The van der Waals surface area contributed by atoms with Crippen molar-refractivity contribution >= 4 is 17.5 Å². The summed E-state index contributed by atoms with van der Waals surface area (Å²) in [6, 6.07) is 0.0433. The van der Waals surface area contributed by atoms with Crippen molar-refractivity contribution in [1.29, 1.82) is 0 Å². The Hall–Kier alpha value is -1.15. The second-order valence-corrected chi connectivity index (χ2v) is 7.70. The molecular formula is C17H24ClN3O4. The maximum absolute atomic E-state index is 12.9. The molecule has 1 amide bonds. The molecule has 0 bridgehead atoms. The Balaban J connectivity index is 1.49. The summed E-state index contributed by atoms with van der Waals surface area (Å²) in [4.78, 5) is 14.9. The summed E-state index contributed by atoms with van der Waals surface area (Å²) in [6.45, 7) is 3.27. The first kappa shape index (κ1) is 17.3. The number of ether oxygens (including phenoxy) is 2. The molecule has 25 heavy (non-hydrogen) atoms. The minimum atomic E-state index is -0.782. The number of fused-ring (bicyclic) bond motifs is 3. The summed E-state index contributed by atoms with van der Waals surface area (Å²) in [6.07, 6.45) is 5.06. The number of aliphatic hydroxyl groups is 1. The molecule has 1 N–H and O–H groups in total. The van der Waals surface area contributed by atoms with Crippen LogP contribution in [0, 0.1) is 11.8 Å². The quantitative estimate of drug-likeness (QED) is 0.858. The third kappa shape index (κ3) is 3.18. The van der Waals surface area contributed by atoms with Crippen LogP contribution in [-0.4, -0.2) is 70.3 Å². The number of carbonyl (C=O) groups excluding carboxylic acids is 1. The van der Waals surface area contributed by atoms with E-state index in [1.54, 1.807) is 17.1 Å². The van der Waals surface area contributed by atoms with E-state index in [-0.39, 0.29) is 23.8 Å². The van der Waals surface area contributed by atoms with Gasteiger partial charge in [-0.25, -0.2) is 0 Å². The molecule has 3 aliphatic rings. The van der Waals surface area contributed by atoms with Gasteiger partial charge in [0.2, 0.25) is 5.91 Å². The average molecular weight is 370 g/mol. The summed E-state index contributed by atoms with van der Waals surface area (Å²) in [5.41, 5.74) is -0.782. The molecule has 0 aromatic carbocycles. The predicted molar refractivity (Wildman–Crippen MR) is 90.2 cm³/mol. The molecule has 7 nitrogen and oxygen atoms in total. The van der Waals surface area contributed by atoms with Gasteiger partial charge in [-0.15, -0.1) is 0 Å². The third-order valence-corrected chi connectivity index (χ3v) is 6.12. The van der Waals surface area contributed by atoms with Crippen molar-refractivity contribution in [3.8, 4) is 0 Å². The van der Waals surface area contributed by atoms with E-state index in [2.05, 4.69) is 5.10 Å². The van der Waals surface area contributed by atoms with E-state index in [1.165, 1.54) is 0 Å². The van der Waals surface area contributed by atoms with Crippen LogP contribution in [0.5, 0.6) is 0 Å². The van der Waals surface area contributed by atoms with E-state index >= 15 is 0 Å². The highest BCUT2D eigenvalue weighted by molar-refractivity contribution is 6.30. The number of carbonyl (C=O) groups is 1. The van der Waals surface area contributed by atoms with Gasteiger partial charge in [-0.3, -0.25) is 9.48 Å². The molecule has 4 atom stereocenters. The molecule has 0 saturated carbocycles. The first-order valence-corrected chi connectivity index (χ1v) is 9.31. The highest BCUT2D eigenvalue weighted by Gasteiger charge is 2.56. The van der Waals surface area contributed by atoms with Crippen LogP contribution in [0.2, 0.25) is 5.02 Å².